The van der Waals surface area contributed by atoms with Crippen molar-refractivity contribution in [1.82, 2.24) is 16.0 Å². The first-order valence-electron chi connectivity index (χ1n) is 7.24. The number of hydrogen-bond acceptors (Lipinski definition) is 3. The number of urea groups is 1. The maximum Gasteiger partial charge on any atom is 0.315 e. The van der Waals surface area contributed by atoms with Gasteiger partial charge in [0.25, 0.3) is 0 Å². The van der Waals surface area contributed by atoms with Gasteiger partial charge in [-0.3, -0.25) is 4.79 Å². The van der Waals surface area contributed by atoms with Crippen LogP contribution in [0.3, 0.4) is 0 Å². The molecule has 1 aromatic rings. The summed E-state index contributed by atoms with van der Waals surface area (Å²) in [6.07, 6.45) is 2.50. The summed E-state index contributed by atoms with van der Waals surface area (Å²) in [5.74, 6) is 0.518. The topological polar surface area (TPSA) is 79.5 Å². The predicted octanol–water partition coefficient (Wildman–Crippen LogP) is 1.82. The first kappa shape index (κ1) is 16.4. The highest BCUT2D eigenvalue weighted by Gasteiger charge is 2.22. The highest BCUT2D eigenvalue weighted by Crippen LogP contribution is 2.22. The third-order valence-electron chi connectivity index (χ3n) is 3.52. The molecule has 22 heavy (non-hydrogen) atoms. The zero-order chi connectivity index (χ0) is 15.9. The summed E-state index contributed by atoms with van der Waals surface area (Å²) in [6.45, 7) is 0.933. The minimum atomic E-state index is -0.483. The average molecular weight is 326 g/mol. The first-order chi connectivity index (χ1) is 10.6. The van der Waals surface area contributed by atoms with E-state index in [0.717, 1.165) is 18.4 Å². The van der Waals surface area contributed by atoms with Gasteiger partial charge in [-0.1, -0.05) is 11.6 Å². The van der Waals surface area contributed by atoms with E-state index >= 15 is 0 Å². The molecule has 1 aromatic carbocycles. The summed E-state index contributed by atoms with van der Waals surface area (Å²) in [7, 11) is 1.56. The van der Waals surface area contributed by atoms with Crippen LogP contribution in [0.5, 0.6) is 5.75 Å². The summed E-state index contributed by atoms with van der Waals surface area (Å²) >= 11 is 5.95. The molecule has 3 N–H and O–H groups in total. The maximum atomic E-state index is 12.0. The fraction of sp³-hybridized carbons (Fsp3) is 0.467. The van der Waals surface area contributed by atoms with Crippen LogP contribution in [0.1, 0.15) is 24.8 Å². The van der Waals surface area contributed by atoms with E-state index in [0.29, 0.717) is 23.7 Å². The van der Waals surface area contributed by atoms with Crippen LogP contribution in [0.2, 0.25) is 5.02 Å². The van der Waals surface area contributed by atoms with E-state index in [-0.39, 0.29) is 18.5 Å². The summed E-state index contributed by atoms with van der Waals surface area (Å²) in [6, 6.07) is 4.34. The number of carbonyl (C=O) groups is 2. The summed E-state index contributed by atoms with van der Waals surface area (Å²) < 4.78 is 5.22. The molecule has 1 saturated heterocycles. The molecule has 0 radical (unpaired) electrons. The molecule has 7 heteroatoms. The minimum Gasteiger partial charge on any atom is -0.496 e. The monoisotopic (exact) mass is 325 g/mol. The molecular weight excluding hydrogens is 306 g/mol. The van der Waals surface area contributed by atoms with Gasteiger partial charge in [0.15, 0.2) is 0 Å². The Morgan fingerprint density at radius 2 is 2.27 bits per heavy atom. The van der Waals surface area contributed by atoms with Crippen LogP contribution in [0.25, 0.3) is 0 Å². The fourth-order valence-electron chi connectivity index (χ4n) is 2.35. The average Bonchev–Trinajstić information content (AvgIpc) is 2.70. The number of ether oxygens (including phenoxy) is 1. The molecule has 0 aromatic heterocycles. The van der Waals surface area contributed by atoms with Crippen LogP contribution in [0, 0.1) is 0 Å². The van der Waals surface area contributed by atoms with E-state index in [1.807, 2.05) is 0 Å². The second-order valence-electron chi connectivity index (χ2n) is 5.12. The van der Waals surface area contributed by atoms with Gasteiger partial charge in [0.1, 0.15) is 11.8 Å². The largest absolute Gasteiger partial charge is 0.496 e. The fourth-order valence-corrected chi connectivity index (χ4v) is 2.54. The van der Waals surface area contributed by atoms with E-state index < -0.39 is 6.04 Å². The summed E-state index contributed by atoms with van der Waals surface area (Å²) in [4.78, 5) is 23.7. The predicted molar refractivity (Wildman–Crippen MR) is 84.0 cm³/mol. The number of halogens is 1. The molecule has 0 aliphatic carbocycles. The molecule has 0 bridgehead atoms. The van der Waals surface area contributed by atoms with E-state index in [1.54, 1.807) is 25.3 Å². The van der Waals surface area contributed by atoms with Gasteiger partial charge < -0.3 is 20.7 Å². The third kappa shape index (κ3) is 4.53. The van der Waals surface area contributed by atoms with Gasteiger partial charge in [0.05, 0.1) is 7.11 Å². The van der Waals surface area contributed by atoms with Crippen molar-refractivity contribution in [2.24, 2.45) is 0 Å². The number of amides is 3. The Morgan fingerprint density at radius 1 is 1.45 bits per heavy atom. The van der Waals surface area contributed by atoms with Crippen LogP contribution < -0.4 is 20.7 Å². The van der Waals surface area contributed by atoms with Gasteiger partial charge in [-0.2, -0.15) is 0 Å². The number of rotatable bonds is 4. The summed E-state index contributed by atoms with van der Waals surface area (Å²) in [5.41, 5.74) is 0.774. The van der Waals surface area contributed by atoms with Gasteiger partial charge in [0, 0.05) is 23.7 Å². The molecule has 1 aliphatic rings. The van der Waals surface area contributed by atoms with E-state index in [4.69, 9.17) is 16.3 Å². The Bertz CT molecular complexity index is 551. The van der Waals surface area contributed by atoms with Crippen LogP contribution in [0.4, 0.5) is 4.79 Å². The molecule has 3 amide bonds. The van der Waals surface area contributed by atoms with Crippen molar-refractivity contribution in [3.8, 4) is 5.75 Å². The molecule has 0 spiro atoms. The van der Waals surface area contributed by atoms with E-state index in [9.17, 15) is 9.59 Å². The molecule has 1 unspecified atom stereocenters. The minimum absolute atomic E-state index is 0.131. The van der Waals surface area contributed by atoms with Crippen molar-refractivity contribution in [2.75, 3.05) is 13.7 Å². The van der Waals surface area contributed by atoms with E-state index in [2.05, 4.69) is 16.0 Å². The van der Waals surface area contributed by atoms with Crippen molar-refractivity contribution in [3.63, 3.8) is 0 Å². The molecule has 1 heterocycles. The second kappa shape index (κ2) is 7.89. The maximum absolute atomic E-state index is 12.0. The molecule has 1 atom stereocenters. The third-order valence-corrected chi connectivity index (χ3v) is 3.76. The Labute approximate surface area is 134 Å². The molecular formula is C15H20ClN3O3. The van der Waals surface area contributed by atoms with Gasteiger partial charge in [0.2, 0.25) is 5.91 Å². The lowest BCUT2D eigenvalue weighted by atomic mass is 10.1. The number of hydrogen-bond donors (Lipinski definition) is 3. The molecule has 0 saturated carbocycles. The zero-order valence-electron chi connectivity index (χ0n) is 12.4. The van der Waals surface area contributed by atoms with Crippen LogP contribution >= 0.6 is 11.6 Å². The lowest BCUT2D eigenvalue weighted by Gasteiger charge is -2.16. The molecule has 120 valence electrons. The number of carbonyl (C=O) groups excluding carboxylic acids is 2. The highest BCUT2D eigenvalue weighted by atomic mass is 35.5. The molecule has 2 rings (SSSR count). The SMILES string of the molecule is COc1ccc(Cl)cc1CNC(=O)NC1CCCCNC1=O. The van der Waals surface area contributed by atoms with Crippen molar-refractivity contribution < 1.29 is 14.3 Å². The van der Waals surface area contributed by atoms with Crippen molar-refractivity contribution in [2.45, 2.75) is 31.8 Å². The van der Waals surface area contributed by atoms with Crippen molar-refractivity contribution in [3.05, 3.63) is 28.8 Å². The smallest absolute Gasteiger partial charge is 0.315 e. The van der Waals surface area contributed by atoms with E-state index in [1.165, 1.54) is 0 Å². The molecule has 1 aliphatic heterocycles. The second-order valence-corrected chi connectivity index (χ2v) is 5.56. The standard InChI is InChI=1S/C15H20ClN3O3/c1-22-13-6-5-11(16)8-10(13)9-18-15(21)19-12-4-2-3-7-17-14(12)20/h5-6,8,12H,2-4,7,9H2,1H3,(H,17,20)(H2,18,19,21). The Morgan fingerprint density at radius 3 is 3.05 bits per heavy atom. The van der Waals surface area contributed by atoms with Gasteiger partial charge in [-0.25, -0.2) is 4.79 Å². The normalized spacial score (nSPS) is 18.1. The van der Waals surface area contributed by atoms with Crippen LogP contribution in [-0.2, 0) is 11.3 Å². The zero-order valence-corrected chi connectivity index (χ0v) is 13.2. The summed E-state index contributed by atoms with van der Waals surface area (Å²) in [5, 5.41) is 8.77. The Balaban J connectivity index is 1.89. The van der Waals surface area contributed by atoms with Gasteiger partial charge in [-0.05, 0) is 37.5 Å². The molecule has 1 fully saturated rings. The Hall–Kier alpha value is -1.95. The van der Waals surface area contributed by atoms with Crippen LogP contribution in [0.15, 0.2) is 18.2 Å². The van der Waals surface area contributed by atoms with Crippen LogP contribution in [-0.4, -0.2) is 31.6 Å². The first-order valence-corrected chi connectivity index (χ1v) is 7.62. The van der Waals surface area contributed by atoms with Crippen molar-refractivity contribution >= 4 is 23.5 Å². The lowest BCUT2D eigenvalue weighted by Crippen LogP contribution is -2.48. The quantitative estimate of drug-likeness (QED) is 0.790. The number of methoxy groups -OCH3 is 1. The van der Waals surface area contributed by atoms with Gasteiger partial charge in [-0.15, -0.1) is 0 Å². The number of nitrogens with one attached hydrogen (secondary N) is 3. The van der Waals surface area contributed by atoms with Gasteiger partial charge >= 0.3 is 6.03 Å². The highest BCUT2D eigenvalue weighted by molar-refractivity contribution is 6.30. The number of benzene rings is 1. The molecule has 6 nitrogen and oxygen atoms in total. The Kier molecular flexibility index (Phi) is 5.89. The lowest BCUT2D eigenvalue weighted by molar-refractivity contribution is -0.122. The van der Waals surface area contributed by atoms with Crippen molar-refractivity contribution in [1.29, 1.82) is 0 Å².